The molecular formula is C26H26N4O3S. The first-order valence-corrected chi connectivity index (χ1v) is 12.4. The third kappa shape index (κ3) is 4.92. The normalized spacial score (nSPS) is 20.1. The topological polar surface area (TPSA) is 93.2 Å². The van der Waals surface area contributed by atoms with Crippen molar-refractivity contribution in [2.75, 3.05) is 23.5 Å². The molecule has 34 heavy (non-hydrogen) atoms. The number of carbonyl (C=O) groups is 2. The molecule has 0 saturated heterocycles. The Hall–Kier alpha value is -3.39. The molecule has 174 valence electrons. The number of aromatic nitrogens is 2. The van der Waals surface area contributed by atoms with E-state index in [9.17, 15) is 9.59 Å². The van der Waals surface area contributed by atoms with Gasteiger partial charge in [-0.15, -0.1) is 11.8 Å². The molecule has 2 N–H and O–H groups in total. The number of thioether (sulfide) groups is 1. The largest absolute Gasteiger partial charge is 0.481 e. The minimum absolute atomic E-state index is 0.00247. The smallest absolute Gasteiger partial charge is 0.234 e. The van der Waals surface area contributed by atoms with E-state index in [0.29, 0.717) is 17.6 Å². The Labute approximate surface area is 202 Å². The van der Waals surface area contributed by atoms with Gasteiger partial charge in [0.05, 0.1) is 29.6 Å². The zero-order valence-electron chi connectivity index (χ0n) is 18.9. The van der Waals surface area contributed by atoms with Gasteiger partial charge in [-0.1, -0.05) is 12.2 Å². The Morgan fingerprint density at radius 3 is 2.85 bits per heavy atom. The molecule has 0 unspecified atom stereocenters. The van der Waals surface area contributed by atoms with Crippen LogP contribution in [0.2, 0.25) is 0 Å². The number of anilines is 2. The van der Waals surface area contributed by atoms with Crippen molar-refractivity contribution in [2.45, 2.75) is 30.6 Å². The number of amides is 2. The zero-order valence-corrected chi connectivity index (χ0v) is 19.7. The molecule has 1 aromatic carbocycles. The molecule has 0 atom stereocenters. The maximum absolute atomic E-state index is 12.8. The number of benzene rings is 1. The molecule has 3 heterocycles. The first kappa shape index (κ1) is 22.4. The zero-order chi connectivity index (χ0) is 23.5. The van der Waals surface area contributed by atoms with E-state index in [0.717, 1.165) is 58.6 Å². The Morgan fingerprint density at radius 1 is 1.18 bits per heavy atom. The lowest BCUT2D eigenvalue weighted by Crippen LogP contribution is -2.27. The molecule has 0 radical (unpaired) electrons. The molecule has 1 fully saturated rings. The minimum Gasteiger partial charge on any atom is -0.481 e. The van der Waals surface area contributed by atoms with Crippen molar-refractivity contribution in [3.63, 3.8) is 0 Å². The molecule has 1 aliphatic carbocycles. The Morgan fingerprint density at radius 2 is 2.03 bits per heavy atom. The molecule has 0 bridgehead atoms. The summed E-state index contributed by atoms with van der Waals surface area (Å²) in [4.78, 5) is 34.4. The summed E-state index contributed by atoms with van der Waals surface area (Å²) >= 11 is 1.51. The van der Waals surface area contributed by atoms with Gasteiger partial charge in [0.15, 0.2) is 0 Å². The van der Waals surface area contributed by atoms with Crippen molar-refractivity contribution >= 4 is 52.1 Å². The second-order valence-electron chi connectivity index (χ2n) is 8.63. The predicted molar refractivity (Wildman–Crippen MR) is 135 cm³/mol. The quantitative estimate of drug-likeness (QED) is 0.532. The monoisotopic (exact) mass is 474 g/mol. The first-order chi connectivity index (χ1) is 16.6. The average molecular weight is 475 g/mol. The number of carbonyl (C=O) groups excluding carboxylic acids is 2. The second-order valence-corrected chi connectivity index (χ2v) is 9.65. The van der Waals surface area contributed by atoms with E-state index in [4.69, 9.17) is 4.74 Å². The molecule has 3 aromatic rings. The van der Waals surface area contributed by atoms with Gasteiger partial charge in [0.1, 0.15) is 0 Å². The highest BCUT2D eigenvalue weighted by molar-refractivity contribution is 8.00. The van der Waals surface area contributed by atoms with E-state index < -0.39 is 0 Å². The van der Waals surface area contributed by atoms with Crippen molar-refractivity contribution in [1.82, 2.24) is 9.97 Å². The average Bonchev–Trinajstić information content (AvgIpc) is 2.87. The summed E-state index contributed by atoms with van der Waals surface area (Å²) < 4.78 is 5.26. The number of ether oxygens (including phenoxy) is 1. The minimum atomic E-state index is -0.0120. The molecule has 1 aliphatic heterocycles. The summed E-state index contributed by atoms with van der Waals surface area (Å²) in [6, 6.07) is 11.4. The summed E-state index contributed by atoms with van der Waals surface area (Å²) in [7, 11) is 1.61. The van der Waals surface area contributed by atoms with Crippen molar-refractivity contribution in [1.29, 1.82) is 0 Å². The van der Waals surface area contributed by atoms with Crippen LogP contribution in [0.15, 0.2) is 53.6 Å². The molecule has 0 spiro atoms. The number of nitrogens with one attached hydrogen (secondary N) is 2. The van der Waals surface area contributed by atoms with E-state index in [1.54, 1.807) is 13.3 Å². The number of allylic oxidation sites excluding steroid dienone is 1. The van der Waals surface area contributed by atoms with Crippen molar-refractivity contribution in [3.8, 4) is 5.88 Å². The fraction of sp³-hybridized carbons (Fsp3) is 0.308. The molecule has 5 rings (SSSR count). The number of rotatable bonds is 5. The molecule has 2 amide bonds. The van der Waals surface area contributed by atoms with Gasteiger partial charge >= 0.3 is 0 Å². The van der Waals surface area contributed by atoms with Crippen LogP contribution in [0.25, 0.3) is 17.1 Å². The third-order valence-electron chi connectivity index (χ3n) is 6.37. The van der Waals surface area contributed by atoms with Gasteiger partial charge in [0.2, 0.25) is 17.7 Å². The predicted octanol–water partition coefficient (Wildman–Crippen LogP) is 5.14. The third-order valence-corrected chi connectivity index (χ3v) is 7.44. The Kier molecular flexibility index (Phi) is 6.49. The lowest BCUT2D eigenvalue weighted by atomic mass is 9.81. The molecule has 7 nitrogen and oxygen atoms in total. The summed E-state index contributed by atoms with van der Waals surface area (Å²) in [5, 5.41) is 5.91. The van der Waals surface area contributed by atoms with Crippen LogP contribution in [-0.4, -0.2) is 34.6 Å². The number of nitrogens with zero attached hydrogens (tertiary/aromatic N) is 2. The van der Waals surface area contributed by atoms with E-state index in [-0.39, 0.29) is 17.7 Å². The number of pyridine rings is 2. The van der Waals surface area contributed by atoms with Gasteiger partial charge in [-0.05, 0) is 61.9 Å². The lowest BCUT2D eigenvalue weighted by molar-refractivity contribution is -0.121. The van der Waals surface area contributed by atoms with Crippen molar-refractivity contribution < 1.29 is 14.3 Å². The number of fused-ring (bicyclic) bond motifs is 2. The van der Waals surface area contributed by atoms with Gasteiger partial charge in [-0.2, -0.15) is 0 Å². The van der Waals surface area contributed by atoms with Gasteiger partial charge in [0, 0.05) is 34.3 Å². The van der Waals surface area contributed by atoms with E-state index in [1.165, 1.54) is 11.8 Å². The molecule has 2 aromatic heterocycles. The lowest BCUT2D eigenvalue weighted by Gasteiger charge is -2.26. The van der Waals surface area contributed by atoms with Crippen molar-refractivity contribution in [2.24, 2.45) is 11.8 Å². The summed E-state index contributed by atoms with van der Waals surface area (Å²) in [6.45, 7) is 0. The van der Waals surface area contributed by atoms with E-state index >= 15 is 0 Å². The molecule has 1 saturated carbocycles. The fourth-order valence-electron chi connectivity index (χ4n) is 4.49. The van der Waals surface area contributed by atoms with Crippen LogP contribution in [0.3, 0.4) is 0 Å². The highest BCUT2D eigenvalue weighted by Gasteiger charge is 2.26. The molecular weight excluding hydrogens is 448 g/mol. The number of hydrogen-bond acceptors (Lipinski definition) is 6. The molecule has 8 heteroatoms. The van der Waals surface area contributed by atoms with Crippen molar-refractivity contribution in [3.05, 3.63) is 54.2 Å². The van der Waals surface area contributed by atoms with Crippen LogP contribution < -0.4 is 15.4 Å². The SMILES string of the molecule is COc1ccc2nccc(C=CC3CCC(C(=O)Nc4ccc5c(c4)NC(=O)CS5)CC3)c2n1. The Balaban J connectivity index is 1.19. The van der Waals surface area contributed by atoms with Crippen LogP contribution >= 0.6 is 11.8 Å². The highest BCUT2D eigenvalue weighted by Crippen LogP contribution is 2.35. The van der Waals surface area contributed by atoms with Gasteiger partial charge in [-0.25, -0.2) is 4.98 Å². The standard InChI is InChI=1S/C26H26N4O3S/c1-33-24-11-9-20-25(30-24)17(12-13-27-20)5-2-16-3-6-18(7-4-16)26(32)28-19-8-10-22-21(14-19)29-23(31)15-34-22/h2,5,8-14,16,18H,3-4,6-7,15H2,1H3,(H,28,32)(H,29,31). The van der Waals surface area contributed by atoms with E-state index in [2.05, 4.69) is 32.8 Å². The fourth-order valence-corrected chi connectivity index (χ4v) is 5.28. The highest BCUT2D eigenvalue weighted by atomic mass is 32.2. The summed E-state index contributed by atoms with van der Waals surface area (Å²) in [5.41, 5.74) is 4.17. The second kappa shape index (κ2) is 9.85. The number of methoxy groups -OCH3 is 1. The Bertz CT molecular complexity index is 1270. The number of hydrogen-bond donors (Lipinski definition) is 2. The maximum atomic E-state index is 12.8. The maximum Gasteiger partial charge on any atom is 0.234 e. The summed E-state index contributed by atoms with van der Waals surface area (Å²) in [6.07, 6.45) is 9.76. The van der Waals surface area contributed by atoms with Crippen LogP contribution in [0.1, 0.15) is 31.2 Å². The van der Waals surface area contributed by atoms with Crippen LogP contribution in [0.5, 0.6) is 5.88 Å². The van der Waals surface area contributed by atoms with Gasteiger partial charge in [0.25, 0.3) is 0 Å². The van der Waals surface area contributed by atoms with Crippen LogP contribution in [0, 0.1) is 11.8 Å². The van der Waals surface area contributed by atoms with Crippen LogP contribution in [-0.2, 0) is 9.59 Å². The summed E-state index contributed by atoms with van der Waals surface area (Å²) in [5.74, 6) is 1.46. The van der Waals surface area contributed by atoms with Gasteiger partial charge in [-0.3, -0.25) is 14.6 Å². The first-order valence-electron chi connectivity index (χ1n) is 11.4. The molecule has 2 aliphatic rings. The van der Waals surface area contributed by atoms with E-state index in [1.807, 2.05) is 36.4 Å². The van der Waals surface area contributed by atoms with Crippen LogP contribution in [0.4, 0.5) is 11.4 Å². The van der Waals surface area contributed by atoms with Gasteiger partial charge < -0.3 is 15.4 Å².